The van der Waals surface area contributed by atoms with Crippen LogP contribution in [0.1, 0.15) is 20.3 Å². The first-order valence-corrected chi connectivity index (χ1v) is 4.72. The van der Waals surface area contributed by atoms with E-state index in [0.29, 0.717) is 12.0 Å². The van der Waals surface area contributed by atoms with Crippen LogP contribution in [0.2, 0.25) is 0 Å². The zero-order valence-electron chi connectivity index (χ0n) is 8.18. The molecule has 2 rings (SSSR count). The van der Waals surface area contributed by atoms with E-state index in [4.69, 9.17) is 0 Å². The first-order chi connectivity index (χ1) is 6.41. The van der Waals surface area contributed by atoms with Gasteiger partial charge in [-0.05, 0) is 30.8 Å². The van der Waals surface area contributed by atoms with Gasteiger partial charge in [-0.3, -0.25) is 4.79 Å². The van der Waals surface area contributed by atoms with Gasteiger partial charge in [0.2, 0.25) is 0 Å². The number of ketones is 1. The Hall–Kier alpha value is -0.990. The van der Waals surface area contributed by atoms with Crippen LogP contribution in [0.25, 0.3) is 0 Å². The van der Waals surface area contributed by atoms with E-state index in [9.17, 15) is 13.6 Å². The summed E-state index contributed by atoms with van der Waals surface area (Å²) in [5.74, 6) is -2.75. The smallest absolute Gasteiger partial charge is 0.267 e. The fourth-order valence-electron chi connectivity index (χ4n) is 2.16. The number of hydrogen-bond donors (Lipinski definition) is 0. The number of hydrogen-bond acceptors (Lipinski definition) is 1. The van der Waals surface area contributed by atoms with Crippen molar-refractivity contribution in [3.8, 4) is 0 Å². The average Bonchev–Trinajstić information content (AvgIpc) is 2.77. The molecule has 2 atom stereocenters. The molecular weight excluding hydrogens is 186 g/mol. The molecule has 1 saturated carbocycles. The summed E-state index contributed by atoms with van der Waals surface area (Å²) in [5.41, 5.74) is 0.899. The van der Waals surface area contributed by atoms with Crippen molar-refractivity contribution in [1.82, 2.24) is 0 Å². The minimum absolute atomic E-state index is 0.00668. The summed E-state index contributed by atoms with van der Waals surface area (Å²) in [6, 6.07) is 0. The van der Waals surface area contributed by atoms with Gasteiger partial charge < -0.3 is 0 Å². The minimum Gasteiger partial charge on any atom is -0.295 e. The van der Waals surface area contributed by atoms with E-state index >= 15 is 0 Å². The maximum Gasteiger partial charge on any atom is 0.267 e. The van der Waals surface area contributed by atoms with Crippen LogP contribution in [0.15, 0.2) is 23.3 Å². The number of alkyl halides is 2. The van der Waals surface area contributed by atoms with Gasteiger partial charge >= 0.3 is 0 Å². The molecule has 3 heteroatoms. The molecule has 0 spiro atoms. The lowest BCUT2D eigenvalue weighted by Gasteiger charge is -2.18. The van der Waals surface area contributed by atoms with Crippen LogP contribution in [-0.2, 0) is 4.79 Å². The van der Waals surface area contributed by atoms with Gasteiger partial charge in [-0.1, -0.05) is 12.2 Å². The molecule has 0 saturated heterocycles. The Bertz CT molecular complexity index is 347. The average molecular weight is 198 g/mol. The minimum atomic E-state index is -2.74. The Morgan fingerprint density at radius 2 is 2.07 bits per heavy atom. The summed E-state index contributed by atoms with van der Waals surface area (Å²) in [5, 5.41) is 0. The lowest BCUT2D eigenvalue weighted by atomic mass is 9.93. The number of carbonyl (C=O) groups excluding carboxylic acids is 1. The monoisotopic (exact) mass is 198 g/mol. The van der Waals surface area contributed by atoms with E-state index in [0.717, 1.165) is 6.92 Å². The van der Waals surface area contributed by atoms with Crippen LogP contribution in [0.5, 0.6) is 0 Å². The van der Waals surface area contributed by atoms with E-state index < -0.39 is 5.92 Å². The van der Waals surface area contributed by atoms with Gasteiger partial charge in [-0.2, -0.15) is 0 Å². The molecule has 76 valence electrons. The van der Waals surface area contributed by atoms with Crippen molar-refractivity contribution >= 4 is 5.78 Å². The highest BCUT2D eigenvalue weighted by atomic mass is 19.3. The summed E-state index contributed by atoms with van der Waals surface area (Å²) in [4.78, 5) is 11.1. The van der Waals surface area contributed by atoms with Crippen molar-refractivity contribution in [3.05, 3.63) is 23.3 Å². The van der Waals surface area contributed by atoms with Gasteiger partial charge in [-0.25, -0.2) is 8.78 Å². The van der Waals surface area contributed by atoms with Crippen LogP contribution in [0.4, 0.5) is 8.78 Å². The molecule has 2 unspecified atom stereocenters. The van der Waals surface area contributed by atoms with Gasteiger partial charge in [0.25, 0.3) is 5.92 Å². The number of halogens is 2. The highest BCUT2D eigenvalue weighted by Gasteiger charge is 2.50. The molecule has 0 heterocycles. The Labute approximate surface area is 81.5 Å². The lowest BCUT2D eigenvalue weighted by molar-refractivity contribution is -0.113. The van der Waals surface area contributed by atoms with Crippen molar-refractivity contribution in [1.29, 1.82) is 0 Å². The van der Waals surface area contributed by atoms with E-state index in [1.54, 1.807) is 6.08 Å². The molecule has 0 bridgehead atoms. The molecule has 14 heavy (non-hydrogen) atoms. The molecule has 0 amide bonds. The third kappa shape index (κ3) is 1.41. The van der Waals surface area contributed by atoms with E-state index in [1.165, 1.54) is 13.0 Å². The summed E-state index contributed by atoms with van der Waals surface area (Å²) >= 11 is 0. The second-order valence-corrected chi connectivity index (χ2v) is 4.14. The SMILES string of the molecule is CC(=O)C1=CC=C(C(C)(F)F)C2CC12. The predicted molar refractivity (Wildman–Crippen MR) is 49.1 cm³/mol. The van der Waals surface area contributed by atoms with Gasteiger partial charge in [0.05, 0.1) is 0 Å². The Morgan fingerprint density at radius 3 is 2.57 bits per heavy atom. The van der Waals surface area contributed by atoms with Gasteiger partial charge in [-0.15, -0.1) is 0 Å². The molecule has 0 N–H and O–H groups in total. The maximum absolute atomic E-state index is 13.0. The van der Waals surface area contributed by atoms with Crippen LogP contribution >= 0.6 is 0 Å². The maximum atomic E-state index is 13.0. The van der Waals surface area contributed by atoms with Crippen LogP contribution < -0.4 is 0 Å². The molecule has 2 aliphatic rings. The number of rotatable bonds is 2. The molecule has 0 aromatic heterocycles. The van der Waals surface area contributed by atoms with Crippen LogP contribution in [0.3, 0.4) is 0 Å². The van der Waals surface area contributed by atoms with E-state index in [1.807, 2.05) is 0 Å². The zero-order chi connectivity index (χ0) is 10.5. The molecule has 1 fully saturated rings. The summed E-state index contributed by atoms with van der Waals surface area (Å²) < 4.78 is 26.1. The second-order valence-electron chi connectivity index (χ2n) is 4.14. The van der Waals surface area contributed by atoms with Crippen LogP contribution in [-0.4, -0.2) is 11.7 Å². The Balaban J connectivity index is 2.31. The molecule has 1 nitrogen and oxygen atoms in total. The van der Waals surface area contributed by atoms with E-state index in [2.05, 4.69) is 0 Å². The zero-order valence-corrected chi connectivity index (χ0v) is 8.18. The van der Waals surface area contributed by atoms with Gasteiger partial charge in [0, 0.05) is 12.5 Å². The van der Waals surface area contributed by atoms with Crippen molar-refractivity contribution in [2.24, 2.45) is 11.8 Å². The third-order valence-electron chi connectivity index (χ3n) is 2.95. The molecule has 0 radical (unpaired) electrons. The molecular formula is C11H12F2O. The fourth-order valence-corrected chi connectivity index (χ4v) is 2.16. The van der Waals surface area contributed by atoms with Gasteiger partial charge in [0.15, 0.2) is 5.78 Å². The third-order valence-corrected chi connectivity index (χ3v) is 2.95. The normalized spacial score (nSPS) is 30.3. The standard InChI is InChI=1S/C11H12F2O/c1-6(14)7-3-4-10(11(2,12)13)9-5-8(7)9/h3-4,8-9H,5H2,1-2H3. The van der Waals surface area contributed by atoms with Gasteiger partial charge in [0.1, 0.15) is 0 Å². The lowest BCUT2D eigenvalue weighted by Crippen LogP contribution is -2.18. The van der Waals surface area contributed by atoms with Crippen molar-refractivity contribution < 1.29 is 13.6 Å². The summed E-state index contributed by atoms with van der Waals surface area (Å²) in [7, 11) is 0. The number of Topliss-reactive ketones (excluding diaryl/α,β-unsaturated/α-hetero) is 1. The van der Waals surface area contributed by atoms with Crippen molar-refractivity contribution in [2.75, 3.05) is 0 Å². The number of allylic oxidation sites excluding steroid dienone is 4. The first-order valence-electron chi connectivity index (χ1n) is 4.72. The molecule has 0 aliphatic heterocycles. The van der Waals surface area contributed by atoms with Crippen molar-refractivity contribution in [3.63, 3.8) is 0 Å². The Kier molecular flexibility index (Phi) is 1.88. The molecule has 2 aliphatic carbocycles. The fraction of sp³-hybridized carbons (Fsp3) is 0.545. The highest BCUT2D eigenvalue weighted by Crippen LogP contribution is 2.55. The number of carbonyl (C=O) groups is 1. The topological polar surface area (TPSA) is 17.1 Å². The van der Waals surface area contributed by atoms with Crippen LogP contribution in [0, 0.1) is 11.8 Å². The molecule has 0 aromatic carbocycles. The molecule has 0 aromatic rings. The summed E-state index contributed by atoms with van der Waals surface area (Å²) in [6.45, 7) is 2.41. The quantitative estimate of drug-likeness (QED) is 0.666. The van der Waals surface area contributed by atoms with Crippen molar-refractivity contribution in [2.45, 2.75) is 26.2 Å². The Morgan fingerprint density at radius 1 is 1.43 bits per heavy atom. The first kappa shape index (κ1) is 9.56. The largest absolute Gasteiger partial charge is 0.295 e. The summed E-state index contributed by atoms with van der Waals surface area (Å²) in [6.07, 6.45) is 3.69. The van der Waals surface area contributed by atoms with E-state index in [-0.39, 0.29) is 23.2 Å². The highest BCUT2D eigenvalue weighted by molar-refractivity contribution is 5.95. The second kappa shape index (κ2) is 2.75. The predicted octanol–water partition coefficient (Wildman–Crippen LogP) is 2.73. The number of fused-ring (bicyclic) bond motifs is 1.